The van der Waals surface area contributed by atoms with Gasteiger partial charge in [-0.1, -0.05) is 56.3 Å². The van der Waals surface area contributed by atoms with Gasteiger partial charge in [0.15, 0.2) is 18.1 Å². The van der Waals surface area contributed by atoms with Crippen LogP contribution in [0.4, 0.5) is 0 Å². The van der Waals surface area contributed by atoms with Crippen molar-refractivity contribution < 1.29 is 23.8 Å². The molecule has 1 amide bonds. The van der Waals surface area contributed by atoms with Crippen LogP contribution in [0.15, 0.2) is 72.3 Å². The van der Waals surface area contributed by atoms with Crippen LogP contribution in [-0.4, -0.2) is 25.6 Å². The van der Waals surface area contributed by atoms with Crippen molar-refractivity contribution in [3.05, 3.63) is 94.6 Å². The van der Waals surface area contributed by atoms with E-state index in [1.54, 1.807) is 18.2 Å². The van der Waals surface area contributed by atoms with Gasteiger partial charge in [-0.15, -0.1) is 0 Å². The monoisotopic (exact) mass is 498 g/mol. The number of benzene rings is 3. The van der Waals surface area contributed by atoms with Gasteiger partial charge in [0, 0.05) is 6.54 Å². The number of esters is 1. The Morgan fingerprint density at radius 1 is 1.03 bits per heavy atom. The number of ether oxygens (including phenoxy) is 3. The second-order valence-electron chi connectivity index (χ2n) is 8.68. The summed E-state index contributed by atoms with van der Waals surface area (Å²) in [6, 6.07) is 21.8. The summed E-state index contributed by atoms with van der Waals surface area (Å²) in [7, 11) is 1.44. The molecule has 0 saturated carbocycles. The maximum absolute atomic E-state index is 12.5. The molecule has 0 bridgehead atoms. The zero-order chi connectivity index (χ0) is 26.8. The van der Waals surface area contributed by atoms with E-state index < -0.39 is 11.9 Å². The van der Waals surface area contributed by atoms with Gasteiger partial charge in [-0.05, 0) is 65.4 Å². The molecule has 0 aliphatic heterocycles. The van der Waals surface area contributed by atoms with E-state index in [1.807, 2.05) is 61.5 Å². The second-order valence-corrected chi connectivity index (χ2v) is 8.68. The molecule has 7 nitrogen and oxygen atoms in total. The standard InChI is InChI=1S/C30H30N2O5/c1-20(2)26-12-11-25(14-21(26)3)36-19-29(33)37-27-13-10-23(16-28(27)35-4)15-24(17-31)30(34)32-18-22-8-6-5-7-9-22/h5-16,20H,18-19H2,1-4H3,(H,32,34)/b24-15+. The van der Waals surface area contributed by atoms with Gasteiger partial charge < -0.3 is 19.5 Å². The summed E-state index contributed by atoms with van der Waals surface area (Å²) in [6.45, 7) is 6.28. The molecule has 3 rings (SSSR count). The lowest BCUT2D eigenvalue weighted by atomic mass is 9.98. The fourth-order valence-corrected chi connectivity index (χ4v) is 3.73. The molecule has 0 aliphatic rings. The van der Waals surface area contributed by atoms with E-state index in [4.69, 9.17) is 14.2 Å². The van der Waals surface area contributed by atoms with Crippen molar-refractivity contribution >= 4 is 18.0 Å². The van der Waals surface area contributed by atoms with Crippen LogP contribution in [-0.2, 0) is 16.1 Å². The van der Waals surface area contributed by atoms with Crippen molar-refractivity contribution in [3.63, 3.8) is 0 Å². The maximum Gasteiger partial charge on any atom is 0.349 e. The number of hydrogen-bond donors (Lipinski definition) is 1. The normalized spacial score (nSPS) is 11.0. The number of nitrogens with zero attached hydrogens (tertiary/aromatic N) is 1. The molecule has 0 heterocycles. The van der Waals surface area contributed by atoms with Crippen molar-refractivity contribution in [2.45, 2.75) is 33.2 Å². The van der Waals surface area contributed by atoms with Crippen LogP contribution in [0.25, 0.3) is 6.08 Å². The van der Waals surface area contributed by atoms with Gasteiger partial charge in [0.05, 0.1) is 7.11 Å². The number of hydrogen-bond acceptors (Lipinski definition) is 6. The van der Waals surface area contributed by atoms with E-state index in [2.05, 4.69) is 19.2 Å². The molecule has 0 aromatic heterocycles. The first-order chi connectivity index (χ1) is 17.8. The average molecular weight is 499 g/mol. The molecule has 0 saturated heterocycles. The third kappa shape index (κ3) is 7.71. The molecule has 37 heavy (non-hydrogen) atoms. The van der Waals surface area contributed by atoms with Crippen molar-refractivity contribution in [2.24, 2.45) is 0 Å². The van der Waals surface area contributed by atoms with Gasteiger partial charge in [-0.3, -0.25) is 4.79 Å². The fourth-order valence-electron chi connectivity index (χ4n) is 3.73. The fraction of sp³-hybridized carbons (Fsp3) is 0.233. The minimum Gasteiger partial charge on any atom is -0.493 e. The summed E-state index contributed by atoms with van der Waals surface area (Å²) in [4.78, 5) is 24.9. The van der Waals surface area contributed by atoms with Crippen molar-refractivity contribution in [1.29, 1.82) is 5.26 Å². The van der Waals surface area contributed by atoms with E-state index in [0.29, 0.717) is 23.8 Å². The molecule has 0 radical (unpaired) electrons. The molecular weight excluding hydrogens is 468 g/mol. The predicted octanol–water partition coefficient (Wildman–Crippen LogP) is 5.33. The Labute approximate surface area is 217 Å². The zero-order valence-electron chi connectivity index (χ0n) is 21.4. The number of rotatable bonds is 10. The molecule has 3 aromatic rings. The van der Waals surface area contributed by atoms with Crippen molar-refractivity contribution in [3.8, 4) is 23.3 Å². The highest BCUT2D eigenvalue weighted by Gasteiger charge is 2.14. The minimum absolute atomic E-state index is 0.0603. The number of methoxy groups -OCH3 is 1. The summed E-state index contributed by atoms with van der Waals surface area (Å²) < 4.78 is 16.4. The van der Waals surface area contributed by atoms with E-state index in [0.717, 1.165) is 11.1 Å². The van der Waals surface area contributed by atoms with Gasteiger partial charge in [-0.2, -0.15) is 5.26 Å². The summed E-state index contributed by atoms with van der Waals surface area (Å²) in [5, 5.41) is 12.2. The predicted molar refractivity (Wildman–Crippen MR) is 141 cm³/mol. The van der Waals surface area contributed by atoms with Crippen LogP contribution in [0.2, 0.25) is 0 Å². The van der Waals surface area contributed by atoms with Gasteiger partial charge in [0.25, 0.3) is 5.91 Å². The van der Waals surface area contributed by atoms with Crippen LogP contribution >= 0.6 is 0 Å². The summed E-state index contributed by atoms with van der Waals surface area (Å²) in [5.41, 5.74) is 3.72. The summed E-state index contributed by atoms with van der Waals surface area (Å²) >= 11 is 0. The molecule has 0 atom stereocenters. The molecule has 190 valence electrons. The van der Waals surface area contributed by atoms with Crippen molar-refractivity contribution in [2.75, 3.05) is 13.7 Å². The Morgan fingerprint density at radius 3 is 2.43 bits per heavy atom. The number of nitriles is 1. The zero-order valence-corrected chi connectivity index (χ0v) is 21.4. The topological polar surface area (TPSA) is 97.6 Å². The van der Waals surface area contributed by atoms with Gasteiger partial charge in [-0.25, -0.2) is 4.79 Å². The van der Waals surface area contributed by atoms with E-state index in [1.165, 1.54) is 18.7 Å². The van der Waals surface area contributed by atoms with E-state index in [9.17, 15) is 14.9 Å². The Morgan fingerprint density at radius 2 is 1.78 bits per heavy atom. The largest absolute Gasteiger partial charge is 0.493 e. The third-order valence-corrected chi connectivity index (χ3v) is 5.60. The minimum atomic E-state index is -0.592. The number of aryl methyl sites for hydroxylation is 1. The summed E-state index contributed by atoms with van der Waals surface area (Å²) in [5.74, 6) is 0.380. The first-order valence-electron chi connectivity index (χ1n) is 11.9. The maximum atomic E-state index is 12.5. The Kier molecular flexibility index (Phi) is 9.45. The van der Waals surface area contributed by atoms with Gasteiger partial charge in [0.1, 0.15) is 17.4 Å². The number of nitrogens with one attached hydrogen (secondary N) is 1. The SMILES string of the molecule is COc1cc(/C=C(\C#N)C(=O)NCc2ccccc2)ccc1OC(=O)COc1ccc(C(C)C)c(C)c1. The van der Waals surface area contributed by atoms with Gasteiger partial charge >= 0.3 is 5.97 Å². The van der Waals surface area contributed by atoms with Crippen LogP contribution in [0.1, 0.15) is 42.0 Å². The van der Waals surface area contributed by atoms with Crippen LogP contribution in [0.3, 0.4) is 0 Å². The van der Waals surface area contributed by atoms with Crippen LogP contribution < -0.4 is 19.5 Å². The lowest BCUT2D eigenvalue weighted by Crippen LogP contribution is -2.23. The first kappa shape index (κ1) is 27.0. The molecule has 3 aromatic carbocycles. The molecule has 0 unspecified atom stereocenters. The smallest absolute Gasteiger partial charge is 0.349 e. The second kappa shape index (κ2) is 12.9. The number of carbonyl (C=O) groups excluding carboxylic acids is 2. The molecule has 1 N–H and O–H groups in total. The molecular formula is C30H30N2O5. The lowest BCUT2D eigenvalue weighted by molar-refractivity contribution is -0.136. The first-order valence-corrected chi connectivity index (χ1v) is 11.9. The highest BCUT2D eigenvalue weighted by atomic mass is 16.6. The highest BCUT2D eigenvalue weighted by Crippen LogP contribution is 2.29. The summed E-state index contributed by atoms with van der Waals surface area (Å²) in [6.07, 6.45) is 1.45. The number of amides is 1. The van der Waals surface area contributed by atoms with Gasteiger partial charge in [0.2, 0.25) is 0 Å². The highest BCUT2D eigenvalue weighted by molar-refractivity contribution is 6.01. The molecule has 0 aliphatic carbocycles. The Balaban J connectivity index is 1.63. The molecule has 7 heteroatoms. The number of carbonyl (C=O) groups is 2. The van der Waals surface area contributed by atoms with Crippen LogP contribution in [0.5, 0.6) is 17.2 Å². The van der Waals surface area contributed by atoms with E-state index in [-0.39, 0.29) is 23.7 Å². The third-order valence-electron chi connectivity index (χ3n) is 5.60. The Bertz CT molecular complexity index is 1320. The van der Waals surface area contributed by atoms with Crippen molar-refractivity contribution in [1.82, 2.24) is 5.32 Å². The lowest BCUT2D eigenvalue weighted by Gasteiger charge is -2.13. The quantitative estimate of drug-likeness (QED) is 0.176. The Hall–Kier alpha value is -4.57. The van der Waals surface area contributed by atoms with E-state index >= 15 is 0 Å². The molecule has 0 fully saturated rings. The average Bonchev–Trinajstić information content (AvgIpc) is 2.90. The molecule has 0 spiro atoms. The van der Waals surface area contributed by atoms with Crippen LogP contribution in [0, 0.1) is 18.3 Å².